The zero-order valence-corrected chi connectivity index (χ0v) is 13.0. The van der Waals surface area contributed by atoms with Crippen LogP contribution in [0.15, 0.2) is 22.7 Å². The molecule has 0 aromatic heterocycles. The van der Waals surface area contributed by atoms with E-state index in [-0.39, 0.29) is 5.84 Å². The highest BCUT2D eigenvalue weighted by atomic mass is 79.9. The fraction of sp³-hybridized carbons (Fsp3) is 0.533. The van der Waals surface area contributed by atoms with Crippen molar-refractivity contribution in [3.8, 4) is 5.75 Å². The van der Waals surface area contributed by atoms with E-state index >= 15 is 0 Å². The first kappa shape index (κ1) is 14.4. The number of nitrogen functional groups attached to an aromatic ring is 1. The maximum Gasteiger partial charge on any atom is 0.123 e. The maximum atomic E-state index is 7.46. The van der Waals surface area contributed by atoms with Crippen molar-refractivity contribution in [3.63, 3.8) is 0 Å². The summed E-state index contributed by atoms with van der Waals surface area (Å²) in [4.78, 5) is 0. The Labute approximate surface area is 123 Å². The molecule has 3 N–H and O–H groups in total. The zero-order chi connectivity index (χ0) is 14.0. The summed E-state index contributed by atoms with van der Waals surface area (Å²) in [5.74, 6) is 2.44. The molecule has 1 fully saturated rings. The number of hydrogen-bond donors (Lipinski definition) is 2. The molecule has 1 aromatic carbocycles. The van der Waals surface area contributed by atoms with Crippen molar-refractivity contribution in [2.75, 3.05) is 0 Å². The molecule has 0 spiro atoms. The van der Waals surface area contributed by atoms with Crippen molar-refractivity contribution >= 4 is 21.8 Å². The van der Waals surface area contributed by atoms with Crippen molar-refractivity contribution in [2.24, 2.45) is 17.6 Å². The topological polar surface area (TPSA) is 59.1 Å². The monoisotopic (exact) mass is 324 g/mol. The van der Waals surface area contributed by atoms with E-state index in [1.165, 1.54) is 6.42 Å². The van der Waals surface area contributed by atoms with Gasteiger partial charge >= 0.3 is 0 Å². The molecule has 0 amide bonds. The Morgan fingerprint density at radius 1 is 1.32 bits per heavy atom. The van der Waals surface area contributed by atoms with E-state index in [2.05, 4.69) is 29.8 Å². The van der Waals surface area contributed by atoms with Crippen LogP contribution in [0.5, 0.6) is 5.75 Å². The van der Waals surface area contributed by atoms with Gasteiger partial charge in [0.1, 0.15) is 11.6 Å². The fourth-order valence-corrected chi connectivity index (χ4v) is 3.16. The van der Waals surface area contributed by atoms with E-state index in [1.54, 1.807) is 0 Å². The minimum Gasteiger partial charge on any atom is -0.490 e. The summed E-state index contributed by atoms with van der Waals surface area (Å²) in [6, 6.07) is 5.63. The molecule has 0 bridgehead atoms. The quantitative estimate of drug-likeness (QED) is 0.653. The fourth-order valence-electron chi connectivity index (χ4n) is 2.59. The molecule has 1 aliphatic rings. The SMILES string of the molecule is CC1CCC(Oc2ccc(C(=N)N)c(Br)c2)CC1C. The van der Waals surface area contributed by atoms with Crippen molar-refractivity contribution in [2.45, 2.75) is 39.2 Å². The largest absolute Gasteiger partial charge is 0.490 e. The minimum absolute atomic E-state index is 0.0681. The number of nitrogens with one attached hydrogen (secondary N) is 1. The first-order chi connectivity index (χ1) is 8.97. The van der Waals surface area contributed by atoms with Gasteiger partial charge in [-0.05, 0) is 65.2 Å². The van der Waals surface area contributed by atoms with Crippen LogP contribution in [0.4, 0.5) is 0 Å². The van der Waals surface area contributed by atoms with Crippen molar-refractivity contribution in [1.29, 1.82) is 5.41 Å². The Hall–Kier alpha value is -1.03. The van der Waals surface area contributed by atoms with Gasteiger partial charge < -0.3 is 10.5 Å². The minimum atomic E-state index is 0.0681. The lowest BCUT2D eigenvalue weighted by molar-refractivity contribution is 0.101. The average Bonchev–Trinajstić information content (AvgIpc) is 2.33. The normalized spacial score (nSPS) is 27.0. The molecule has 4 heteroatoms. The highest BCUT2D eigenvalue weighted by molar-refractivity contribution is 9.10. The Morgan fingerprint density at radius 3 is 2.63 bits per heavy atom. The Morgan fingerprint density at radius 2 is 2.05 bits per heavy atom. The Bertz CT molecular complexity index is 475. The molecule has 104 valence electrons. The molecular formula is C15H21BrN2O. The molecule has 19 heavy (non-hydrogen) atoms. The molecule has 3 atom stereocenters. The van der Waals surface area contributed by atoms with Gasteiger partial charge in [0.15, 0.2) is 0 Å². The number of rotatable bonds is 3. The molecule has 0 radical (unpaired) electrons. The smallest absolute Gasteiger partial charge is 0.123 e. The van der Waals surface area contributed by atoms with Crippen LogP contribution in [0.1, 0.15) is 38.7 Å². The van der Waals surface area contributed by atoms with E-state index in [1.807, 2.05) is 18.2 Å². The van der Waals surface area contributed by atoms with Crippen LogP contribution in [0.2, 0.25) is 0 Å². The number of benzene rings is 1. The van der Waals surface area contributed by atoms with E-state index in [9.17, 15) is 0 Å². The van der Waals surface area contributed by atoms with Gasteiger partial charge in [-0.15, -0.1) is 0 Å². The first-order valence-electron chi connectivity index (χ1n) is 6.78. The third-order valence-corrected chi connectivity index (χ3v) is 4.74. The second kappa shape index (κ2) is 5.95. The van der Waals surface area contributed by atoms with Gasteiger partial charge in [-0.1, -0.05) is 13.8 Å². The summed E-state index contributed by atoms with van der Waals surface area (Å²) in [6.07, 6.45) is 3.78. The lowest BCUT2D eigenvalue weighted by atomic mass is 9.80. The van der Waals surface area contributed by atoms with Crippen LogP contribution in [0.3, 0.4) is 0 Å². The number of ether oxygens (including phenoxy) is 1. The third-order valence-electron chi connectivity index (χ3n) is 4.08. The average molecular weight is 325 g/mol. The molecule has 3 nitrogen and oxygen atoms in total. The summed E-state index contributed by atoms with van der Waals surface area (Å²) >= 11 is 3.43. The van der Waals surface area contributed by atoms with Crippen LogP contribution in [0.25, 0.3) is 0 Å². The third kappa shape index (κ3) is 3.50. The van der Waals surface area contributed by atoms with Gasteiger partial charge in [0, 0.05) is 10.0 Å². The van der Waals surface area contributed by atoms with Gasteiger partial charge in [-0.25, -0.2) is 0 Å². The van der Waals surface area contributed by atoms with Gasteiger partial charge in [-0.3, -0.25) is 5.41 Å². The molecule has 0 saturated heterocycles. The van der Waals surface area contributed by atoms with E-state index in [0.717, 1.165) is 34.9 Å². The molecular weight excluding hydrogens is 304 g/mol. The second-order valence-electron chi connectivity index (χ2n) is 5.56. The van der Waals surface area contributed by atoms with E-state index < -0.39 is 0 Å². The van der Waals surface area contributed by atoms with Crippen LogP contribution in [-0.2, 0) is 0 Å². The standard InChI is InChI=1S/C15H21BrN2O/c1-9-3-4-11(7-10(9)2)19-12-5-6-13(15(17)18)14(16)8-12/h5-6,8-11H,3-4,7H2,1-2H3,(H3,17,18). The summed E-state index contributed by atoms with van der Waals surface area (Å²) < 4.78 is 6.86. The Kier molecular flexibility index (Phi) is 4.50. The van der Waals surface area contributed by atoms with Crippen molar-refractivity contribution in [3.05, 3.63) is 28.2 Å². The molecule has 1 saturated carbocycles. The van der Waals surface area contributed by atoms with Crippen LogP contribution in [-0.4, -0.2) is 11.9 Å². The molecule has 1 aromatic rings. The van der Waals surface area contributed by atoms with Gasteiger partial charge in [0.2, 0.25) is 0 Å². The van der Waals surface area contributed by atoms with Crippen molar-refractivity contribution in [1.82, 2.24) is 0 Å². The van der Waals surface area contributed by atoms with Gasteiger partial charge in [-0.2, -0.15) is 0 Å². The molecule has 1 aliphatic carbocycles. The first-order valence-corrected chi connectivity index (χ1v) is 7.57. The highest BCUT2D eigenvalue weighted by Crippen LogP contribution is 2.32. The summed E-state index contributed by atoms with van der Waals surface area (Å²) in [7, 11) is 0. The number of hydrogen-bond acceptors (Lipinski definition) is 2. The maximum absolute atomic E-state index is 7.46. The molecule has 3 unspecified atom stereocenters. The summed E-state index contributed by atoms with van der Waals surface area (Å²) in [5, 5.41) is 7.46. The molecule has 0 heterocycles. The molecule has 0 aliphatic heterocycles. The Balaban J connectivity index is 2.04. The highest BCUT2D eigenvalue weighted by Gasteiger charge is 2.25. The predicted octanol–water partition coefficient (Wildman–Crippen LogP) is 3.94. The van der Waals surface area contributed by atoms with E-state index in [4.69, 9.17) is 15.9 Å². The molecule has 2 rings (SSSR count). The van der Waals surface area contributed by atoms with Gasteiger partial charge in [0.05, 0.1) is 6.10 Å². The lowest BCUT2D eigenvalue weighted by Crippen LogP contribution is -2.28. The zero-order valence-electron chi connectivity index (χ0n) is 11.4. The number of halogens is 1. The number of nitrogens with two attached hydrogens (primary N) is 1. The van der Waals surface area contributed by atoms with Crippen molar-refractivity contribution < 1.29 is 4.74 Å². The van der Waals surface area contributed by atoms with E-state index in [0.29, 0.717) is 11.7 Å². The predicted molar refractivity (Wildman–Crippen MR) is 81.8 cm³/mol. The van der Waals surface area contributed by atoms with Crippen LogP contribution < -0.4 is 10.5 Å². The van der Waals surface area contributed by atoms with Crippen LogP contribution >= 0.6 is 15.9 Å². The van der Waals surface area contributed by atoms with Gasteiger partial charge in [0.25, 0.3) is 0 Å². The summed E-state index contributed by atoms with van der Waals surface area (Å²) in [5.41, 5.74) is 6.20. The number of amidine groups is 1. The second-order valence-corrected chi connectivity index (χ2v) is 6.42. The van der Waals surface area contributed by atoms with Crippen LogP contribution in [0, 0.1) is 17.2 Å². The summed E-state index contributed by atoms with van der Waals surface area (Å²) in [6.45, 7) is 4.62. The lowest BCUT2D eigenvalue weighted by Gasteiger charge is -2.32.